The molecular formula is C14H8BrIN2O3. The van der Waals surface area contributed by atoms with Gasteiger partial charge in [0.1, 0.15) is 5.58 Å². The van der Waals surface area contributed by atoms with Gasteiger partial charge in [0.15, 0.2) is 5.76 Å². The Kier molecular flexibility index (Phi) is 4.11. The van der Waals surface area contributed by atoms with Gasteiger partial charge in [-0.05, 0) is 46.9 Å². The first-order valence-corrected chi connectivity index (χ1v) is 7.75. The molecule has 0 saturated carbocycles. The molecule has 0 aliphatic carbocycles. The Morgan fingerprint density at radius 2 is 2.24 bits per heavy atom. The molecular weight excluding hydrogens is 451 g/mol. The maximum absolute atomic E-state index is 12.0. The number of fused-ring (bicyclic) bond motifs is 1. The van der Waals surface area contributed by atoms with E-state index in [4.69, 9.17) is 8.83 Å². The highest BCUT2D eigenvalue weighted by molar-refractivity contribution is 14.1. The first kappa shape index (κ1) is 14.3. The van der Waals surface area contributed by atoms with Gasteiger partial charge in [-0.15, -0.1) is 0 Å². The van der Waals surface area contributed by atoms with E-state index in [2.05, 4.69) is 49.0 Å². The summed E-state index contributed by atoms with van der Waals surface area (Å²) in [6.45, 7) is 0. The summed E-state index contributed by atoms with van der Waals surface area (Å²) in [5.74, 6) is -0.191. The van der Waals surface area contributed by atoms with E-state index >= 15 is 0 Å². The van der Waals surface area contributed by atoms with Crippen LogP contribution in [0.4, 0.5) is 0 Å². The highest BCUT2D eigenvalue weighted by atomic mass is 127. The number of hydrogen-bond acceptors (Lipinski definition) is 4. The summed E-state index contributed by atoms with van der Waals surface area (Å²) >= 11 is 5.57. The van der Waals surface area contributed by atoms with E-state index in [9.17, 15) is 4.79 Å². The van der Waals surface area contributed by atoms with Crippen molar-refractivity contribution >= 4 is 61.6 Å². The van der Waals surface area contributed by atoms with Crippen molar-refractivity contribution in [2.24, 2.45) is 5.10 Å². The van der Waals surface area contributed by atoms with Crippen LogP contribution in [0.2, 0.25) is 0 Å². The fourth-order valence-corrected chi connectivity index (χ4v) is 3.42. The molecule has 2 aromatic heterocycles. The molecule has 3 rings (SSSR count). The third-order valence-corrected chi connectivity index (χ3v) is 3.94. The minimum atomic E-state index is -0.405. The summed E-state index contributed by atoms with van der Waals surface area (Å²) in [5, 5.41) is 4.70. The lowest BCUT2D eigenvalue weighted by molar-refractivity contribution is 0.0929. The Morgan fingerprint density at radius 3 is 3.00 bits per heavy atom. The largest absolute Gasteiger partial charge is 0.472 e. The van der Waals surface area contributed by atoms with Crippen molar-refractivity contribution in [1.29, 1.82) is 0 Å². The number of carbonyl (C=O) groups excluding carboxylic acids is 1. The quantitative estimate of drug-likeness (QED) is 0.364. The lowest BCUT2D eigenvalue weighted by Gasteiger charge is -1.95. The van der Waals surface area contributed by atoms with Crippen molar-refractivity contribution in [3.05, 3.63) is 56.2 Å². The molecule has 0 saturated heterocycles. The highest BCUT2D eigenvalue weighted by Crippen LogP contribution is 2.28. The normalized spacial score (nSPS) is 11.3. The monoisotopic (exact) mass is 458 g/mol. The summed E-state index contributed by atoms with van der Waals surface area (Å²) in [5.41, 5.74) is 3.86. The van der Waals surface area contributed by atoms with Crippen molar-refractivity contribution in [2.45, 2.75) is 0 Å². The van der Waals surface area contributed by atoms with Crippen LogP contribution in [0, 0.1) is 3.57 Å². The lowest BCUT2D eigenvalue weighted by atomic mass is 10.2. The first-order valence-electron chi connectivity index (χ1n) is 5.87. The van der Waals surface area contributed by atoms with Gasteiger partial charge < -0.3 is 8.83 Å². The predicted octanol–water partition coefficient (Wildman–Crippen LogP) is 4.16. The smallest absolute Gasteiger partial charge is 0.307 e. The van der Waals surface area contributed by atoms with Crippen LogP contribution in [-0.2, 0) is 0 Å². The van der Waals surface area contributed by atoms with E-state index in [0.717, 1.165) is 19.0 Å². The summed E-state index contributed by atoms with van der Waals surface area (Å²) in [7, 11) is 0. The van der Waals surface area contributed by atoms with Gasteiger partial charge in [0, 0.05) is 15.4 Å². The Hall–Kier alpha value is -1.61. The zero-order valence-electron chi connectivity index (χ0n) is 10.5. The van der Waals surface area contributed by atoms with Gasteiger partial charge in [0.2, 0.25) is 0 Å². The molecule has 0 bridgehead atoms. The number of hydrogen-bond donors (Lipinski definition) is 1. The summed E-state index contributed by atoms with van der Waals surface area (Å²) in [6, 6.07) is 7.24. The van der Waals surface area contributed by atoms with Crippen molar-refractivity contribution < 1.29 is 13.6 Å². The minimum Gasteiger partial charge on any atom is -0.472 e. The molecule has 0 aliphatic heterocycles. The van der Waals surface area contributed by atoms with Gasteiger partial charge in [-0.2, -0.15) is 5.10 Å². The van der Waals surface area contributed by atoms with E-state index in [1.54, 1.807) is 12.1 Å². The Balaban J connectivity index is 1.80. The van der Waals surface area contributed by atoms with Crippen molar-refractivity contribution in [3.63, 3.8) is 0 Å². The molecule has 0 spiro atoms. The fraction of sp³-hybridized carbons (Fsp3) is 0. The average Bonchev–Trinajstić information content (AvgIpc) is 3.07. The van der Waals surface area contributed by atoms with Gasteiger partial charge in [-0.3, -0.25) is 4.79 Å². The molecule has 1 aromatic carbocycles. The Labute approximate surface area is 141 Å². The number of furan rings is 2. The number of carbonyl (C=O) groups is 1. The van der Waals surface area contributed by atoms with Crippen molar-refractivity contribution in [1.82, 2.24) is 5.43 Å². The average molecular weight is 459 g/mol. The number of halogens is 2. The molecule has 7 heteroatoms. The number of rotatable bonds is 3. The van der Waals surface area contributed by atoms with Crippen LogP contribution < -0.4 is 5.43 Å². The standard InChI is InChI=1S/C14H8BrIN2O3/c15-10-3-9-4-12(21-13(9)11(16)5-10)14(19)18-17-6-8-1-2-20-7-8/h1-7H,(H,18,19)/b17-6-. The molecule has 2 heterocycles. The number of benzene rings is 1. The van der Waals surface area contributed by atoms with E-state index < -0.39 is 5.91 Å². The highest BCUT2D eigenvalue weighted by Gasteiger charge is 2.14. The van der Waals surface area contributed by atoms with Crippen LogP contribution >= 0.6 is 38.5 Å². The molecule has 1 amide bonds. The van der Waals surface area contributed by atoms with Crippen LogP contribution in [0.5, 0.6) is 0 Å². The molecule has 5 nitrogen and oxygen atoms in total. The number of nitrogens with zero attached hydrogens (tertiary/aromatic N) is 1. The molecule has 0 fully saturated rings. The first-order chi connectivity index (χ1) is 10.1. The van der Waals surface area contributed by atoms with E-state index in [1.807, 2.05) is 12.1 Å². The zero-order chi connectivity index (χ0) is 14.8. The van der Waals surface area contributed by atoms with Crippen molar-refractivity contribution in [2.75, 3.05) is 0 Å². The topological polar surface area (TPSA) is 67.7 Å². The van der Waals surface area contributed by atoms with Gasteiger partial charge in [0.05, 0.1) is 22.3 Å². The molecule has 106 valence electrons. The fourth-order valence-electron chi connectivity index (χ4n) is 1.76. The maximum Gasteiger partial charge on any atom is 0.307 e. The second-order valence-electron chi connectivity index (χ2n) is 4.17. The van der Waals surface area contributed by atoms with Crippen LogP contribution in [0.15, 0.2) is 55.2 Å². The van der Waals surface area contributed by atoms with Crippen LogP contribution in [0.3, 0.4) is 0 Å². The maximum atomic E-state index is 12.0. The molecule has 3 aromatic rings. The minimum absolute atomic E-state index is 0.213. The Bertz CT molecular complexity index is 824. The van der Waals surface area contributed by atoms with Gasteiger partial charge in [-0.25, -0.2) is 5.43 Å². The van der Waals surface area contributed by atoms with Gasteiger partial charge in [-0.1, -0.05) is 15.9 Å². The van der Waals surface area contributed by atoms with E-state index in [-0.39, 0.29) is 5.76 Å². The van der Waals surface area contributed by atoms with E-state index in [1.165, 1.54) is 18.7 Å². The van der Waals surface area contributed by atoms with Crippen LogP contribution in [-0.4, -0.2) is 12.1 Å². The second kappa shape index (κ2) is 6.02. The van der Waals surface area contributed by atoms with Gasteiger partial charge >= 0.3 is 5.91 Å². The molecule has 0 unspecified atom stereocenters. The second-order valence-corrected chi connectivity index (χ2v) is 6.25. The molecule has 0 radical (unpaired) electrons. The zero-order valence-corrected chi connectivity index (χ0v) is 14.2. The summed E-state index contributed by atoms with van der Waals surface area (Å²) < 4.78 is 12.3. The number of amides is 1. The lowest BCUT2D eigenvalue weighted by Crippen LogP contribution is -2.16. The third-order valence-electron chi connectivity index (χ3n) is 2.68. The van der Waals surface area contributed by atoms with Crippen LogP contribution in [0.1, 0.15) is 16.1 Å². The summed E-state index contributed by atoms with van der Waals surface area (Å²) in [4.78, 5) is 12.0. The number of hydrazone groups is 1. The van der Waals surface area contributed by atoms with Gasteiger partial charge in [0.25, 0.3) is 0 Å². The van der Waals surface area contributed by atoms with Crippen molar-refractivity contribution in [3.8, 4) is 0 Å². The molecule has 1 N–H and O–H groups in total. The number of nitrogens with one attached hydrogen (secondary N) is 1. The Morgan fingerprint density at radius 1 is 1.38 bits per heavy atom. The molecule has 0 aliphatic rings. The third kappa shape index (κ3) is 3.18. The molecule has 0 atom stereocenters. The van der Waals surface area contributed by atoms with Crippen LogP contribution in [0.25, 0.3) is 11.0 Å². The molecule has 21 heavy (non-hydrogen) atoms. The SMILES string of the molecule is O=C(N/N=C\c1ccoc1)c1cc2cc(Br)cc(I)c2o1. The predicted molar refractivity (Wildman–Crippen MR) is 90.4 cm³/mol. The summed E-state index contributed by atoms with van der Waals surface area (Å²) in [6.07, 6.45) is 4.54. The van der Waals surface area contributed by atoms with E-state index in [0.29, 0.717) is 5.58 Å².